The molecule has 5 rings (SSSR count). The Morgan fingerprint density at radius 1 is 1.03 bits per heavy atom. The van der Waals surface area contributed by atoms with Gasteiger partial charge in [0.05, 0.1) is 34.7 Å². The van der Waals surface area contributed by atoms with Gasteiger partial charge in [-0.2, -0.15) is 0 Å². The summed E-state index contributed by atoms with van der Waals surface area (Å²) in [7, 11) is 0. The number of nitro benzene ring substituents is 1. The number of ether oxygens (including phenoxy) is 3. The molecule has 0 radical (unpaired) electrons. The Hall–Kier alpha value is -4.66. The molecule has 0 N–H and O–H groups in total. The summed E-state index contributed by atoms with van der Waals surface area (Å²) in [6.45, 7) is 3.08. The van der Waals surface area contributed by atoms with Crippen molar-refractivity contribution in [2.45, 2.75) is 26.2 Å². The van der Waals surface area contributed by atoms with Crippen molar-refractivity contribution in [2.24, 2.45) is 0 Å². The van der Waals surface area contributed by atoms with Crippen LogP contribution in [-0.4, -0.2) is 24.1 Å². The lowest BCUT2D eigenvalue weighted by Gasteiger charge is -2.12. The van der Waals surface area contributed by atoms with Crippen molar-refractivity contribution in [2.75, 3.05) is 13.2 Å². The van der Waals surface area contributed by atoms with Gasteiger partial charge >= 0.3 is 5.97 Å². The molecule has 0 bridgehead atoms. The summed E-state index contributed by atoms with van der Waals surface area (Å²) in [6.07, 6.45) is 3.47. The zero-order valence-electron chi connectivity index (χ0n) is 20.0. The fourth-order valence-corrected chi connectivity index (χ4v) is 4.17. The van der Waals surface area contributed by atoms with Crippen molar-refractivity contribution >= 4 is 22.6 Å². The van der Waals surface area contributed by atoms with Crippen LogP contribution < -0.4 is 19.6 Å². The van der Waals surface area contributed by atoms with E-state index in [0.717, 1.165) is 12.8 Å². The Kier molecular flexibility index (Phi) is 6.59. The molecule has 0 unspecified atom stereocenters. The molecule has 0 atom stereocenters. The van der Waals surface area contributed by atoms with E-state index in [1.165, 1.54) is 36.6 Å². The molecular weight excluding hydrogens is 478 g/mol. The maximum atomic E-state index is 13.5. The van der Waals surface area contributed by atoms with E-state index < -0.39 is 10.9 Å². The lowest BCUT2D eigenvalue weighted by Crippen LogP contribution is -2.11. The van der Waals surface area contributed by atoms with Crippen molar-refractivity contribution < 1.29 is 28.3 Å². The van der Waals surface area contributed by atoms with E-state index >= 15 is 0 Å². The second-order valence-corrected chi connectivity index (χ2v) is 8.59. The SMILES string of the molecule is CCCc1cc2c(=O)c(-c3ccc4c(c3)OCCCO4)coc2cc1OC(=O)c1ccc([N+](=O)[O-])cc1. The second-order valence-electron chi connectivity index (χ2n) is 8.59. The van der Waals surface area contributed by atoms with Crippen LogP contribution in [0, 0.1) is 10.1 Å². The summed E-state index contributed by atoms with van der Waals surface area (Å²) in [5, 5.41) is 11.2. The number of hydrogen-bond acceptors (Lipinski definition) is 8. The summed E-state index contributed by atoms with van der Waals surface area (Å²) < 4.78 is 22.9. The highest BCUT2D eigenvalue weighted by molar-refractivity contribution is 5.92. The van der Waals surface area contributed by atoms with E-state index in [-0.39, 0.29) is 28.0 Å². The summed E-state index contributed by atoms with van der Waals surface area (Å²) in [5.41, 5.74) is 1.79. The minimum Gasteiger partial charge on any atom is -0.490 e. The van der Waals surface area contributed by atoms with Gasteiger partial charge in [-0.1, -0.05) is 19.4 Å². The molecule has 1 aliphatic rings. The van der Waals surface area contributed by atoms with E-state index in [4.69, 9.17) is 18.6 Å². The van der Waals surface area contributed by atoms with Crippen LogP contribution in [0.25, 0.3) is 22.1 Å². The van der Waals surface area contributed by atoms with Crippen LogP contribution in [0.2, 0.25) is 0 Å². The van der Waals surface area contributed by atoms with Gasteiger partial charge in [0, 0.05) is 24.6 Å². The van der Waals surface area contributed by atoms with E-state index in [9.17, 15) is 19.7 Å². The Balaban J connectivity index is 1.50. The fraction of sp³-hybridized carbons (Fsp3) is 0.214. The summed E-state index contributed by atoms with van der Waals surface area (Å²) in [6, 6.07) is 13.7. The number of hydrogen-bond donors (Lipinski definition) is 0. The maximum Gasteiger partial charge on any atom is 0.343 e. The molecule has 37 heavy (non-hydrogen) atoms. The predicted octanol–water partition coefficient (Wildman–Crippen LogP) is 5.70. The number of nitrogens with zero attached hydrogens (tertiary/aromatic N) is 1. The van der Waals surface area contributed by atoms with E-state index in [1.54, 1.807) is 24.3 Å². The lowest BCUT2D eigenvalue weighted by molar-refractivity contribution is -0.384. The van der Waals surface area contributed by atoms with Gasteiger partial charge < -0.3 is 18.6 Å². The highest BCUT2D eigenvalue weighted by atomic mass is 16.6. The van der Waals surface area contributed by atoms with Crippen LogP contribution in [0.3, 0.4) is 0 Å². The number of carbonyl (C=O) groups excluding carboxylic acids is 1. The van der Waals surface area contributed by atoms with E-state index in [2.05, 4.69) is 0 Å². The number of aryl methyl sites for hydroxylation is 1. The topological polar surface area (TPSA) is 118 Å². The number of carbonyl (C=O) groups is 1. The molecule has 9 nitrogen and oxygen atoms in total. The first-order chi connectivity index (χ1) is 17.9. The number of fused-ring (bicyclic) bond motifs is 2. The summed E-state index contributed by atoms with van der Waals surface area (Å²) in [5.74, 6) is 0.813. The molecule has 1 aliphatic heterocycles. The lowest BCUT2D eigenvalue weighted by atomic mass is 10.0. The minimum absolute atomic E-state index is 0.125. The summed E-state index contributed by atoms with van der Waals surface area (Å²) in [4.78, 5) is 36.5. The van der Waals surface area contributed by atoms with Crippen LogP contribution in [0.4, 0.5) is 5.69 Å². The largest absolute Gasteiger partial charge is 0.490 e. The highest BCUT2D eigenvalue weighted by Crippen LogP contribution is 2.34. The van der Waals surface area contributed by atoms with Crippen molar-refractivity contribution in [3.63, 3.8) is 0 Å². The molecule has 0 saturated carbocycles. The molecule has 0 amide bonds. The third-order valence-electron chi connectivity index (χ3n) is 6.05. The normalized spacial score (nSPS) is 12.7. The monoisotopic (exact) mass is 501 g/mol. The molecule has 188 valence electrons. The van der Waals surface area contributed by atoms with Crippen molar-refractivity contribution in [3.8, 4) is 28.4 Å². The molecule has 2 heterocycles. The van der Waals surface area contributed by atoms with Crippen LogP contribution in [0.15, 0.2) is 70.1 Å². The minimum atomic E-state index is -0.669. The highest BCUT2D eigenvalue weighted by Gasteiger charge is 2.19. The number of esters is 1. The first-order valence-electron chi connectivity index (χ1n) is 11.9. The van der Waals surface area contributed by atoms with Gasteiger partial charge in [0.15, 0.2) is 11.5 Å². The fourth-order valence-electron chi connectivity index (χ4n) is 4.17. The Labute approximate surface area is 211 Å². The second kappa shape index (κ2) is 10.1. The van der Waals surface area contributed by atoms with Crippen LogP contribution >= 0.6 is 0 Å². The zero-order valence-corrected chi connectivity index (χ0v) is 20.0. The molecular formula is C28H23NO8. The average molecular weight is 501 g/mol. The van der Waals surface area contributed by atoms with Gasteiger partial charge in [0.1, 0.15) is 17.6 Å². The molecule has 3 aromatic carbocycles. The van der Waals surface area contributed by atoms with Gasteiger partial charge in [-0.25, -0.2) is 4.79 Å². The molecule has 1 aromatic heterocycles. The van der Waals surface area contributed by atoms with Crippen LogP contribution in [-0.2, 0) is 6.42 Å². The van der Waals surface area contributed by atoms with Crippen LogP contribution in [0.5, 0.6) is 17.2 Å². The zero-order chi connectivity index (χ0) is 25.9. The van der Waals surface area contributed by atoms with Crippen molar-refractivity contribution in [1.29, 1.82) is 0 Å². The Morgan fingerprint density at radius 3 is 2.51 bits per heavy atom. The van der Waals surface area contributed by atoms with Gasteiger partial charge in [-0.3, -0.25) is 14.9 Å². The number of nitro groups is 1. The van der Waals surface area contributed by atoms with Crippen LogP contribution in [0.1, 0.15) is 35.7 Å². The third kappa shape index (κ3) is 4.88. The molecule has 0 fully saturated rings. The van der Waals surface area contributed by atoms with Gasteiger partial charge in [-0.15, -0.1) is 0 Å². The van der Waals surface area contributed by atoms with Gasteiger partial charge in [0.2, 0.25) is 5.43 Å². The smallest absolute Gasteiger partial charge is 0.343 e. The Morgan fingerprint density at radius 2 is 1.78 bits per heavy atom. The number of benzene rings is 3. The molecule has 0 aliphatic carbocycles. The summed E-state index contributed by atoms with van der Waals surface area (Å²) >= 11 is 0. The van der Waals surface area contributed by atoms with Crippen molar-refractivity contribution in [1.82, 2.24) is 0 Å². The quantitative estimate of drug-likeness (QED) is 0.143. The predicted molar refractivity (Wildman–Crippen MR) is 136 cm³/mol. The first-order valence-corrected chi connectivity index (χ1v) is 11.9. The average Bonchev–Trinajstić information content (AvgIpc) is 3.15. The van der Waals surface area contributed by atoms with Crippen molar-refractivity contribution in [3.05, 3.63) is 92.3 Å². The standard InChI is InChI=1S/C28H23NO8/c1-2-4-19-13-21-25(15-24(19)37-28(31)17-5-8-20(9-6-17)29(32)33)36-16-22(27(21)30)18-7-10-23-26(14-18)35-12-3-11-34-23/h5-10,13-16H,2-4,11-12H2,1H3. The maximum absolute atomic E-state index is 13.5. The third-order valence-corrected chi connectivity index (χ3v) is 6.05. The van der Waals surface area contributed by atoms with E-state index in [0.29, 0.717) is 53.2 Å². The molecule has 4 aromatic rings. The Bertz CT molecular complexity index is 1560. The van der Waals surface area contributed by atoms with Gasteiger partial charge in [-0.05, 0) is 47.9 Å². The molecule has 9 heteroatoms. The molecule has 0 saturated heterocycles. The number of non-ortho nitro benzene ring substituents is 1. The molecule has 0 spiro atoms. The van der Waals surface area contributed by atoms with Gasteiger partial charge in [0.25, 0.3) is 5.69 Å². The first kappa shape index (κ1) is 24.1. The number of rotatable bonds is 6. The van der Waals surface area contributed by atoms with E-state index in [1.807, 2.05) is 6.92 Å².